The molecule has 1 aliphatic rings. The van der Waals surface area contributed by atoms with E-state index in [-0.39, 0.29) is 11.6 Å². The minimum atomic E-state index is -0.0407. The standard InChI is InChI=1S/C9H19N3O2/c1-3-14-9(2)4-6-12(7-5-9)8(10)11-13/h13H,3-7H2,1-2H3,(H2,10,11). The second-order valence-electron chi connectivity index (χ2n) is 3.83. The lowest BCUT2D eigenvalue weighted by atomic mass is 9.93. The van der Waals surface area contributed by atoms with Crippen LogP contribution in [0, 0.1) is 0 Å². The number of nitrogens with zero attached hydrogens (tertiary/aromatic N) is 2. The Balaban J connectivity index is 2.45. The molecule has 0 atom stereocenters. The van der Waals surface area contributed by atoms with Crippen LogP contribution >= 0.6 is 0 Å². The van der Waals surface area contributed by atoms with E-state index in [2.05, 4.69) is 12.1 Å². The fourth-order valence-electron chi connectivity index (χ4n) is 1.76. The maximum Gasteiger partial charge on any atom is 0.233 e. The third-order valence-corrected chi connectivity index (χ3v) is 2.74. The van der Waals surface area contributed by atoms with Crippen LogP contribution in [-0.2, 0) is 4.74 Å². The molecule has 1 rings (SSSR count). The molecule has 0 radical (unpaired) electrons. The van der Waals surface area contributed by atoms with Crippen LogP contribution < -0.4 is 5.73 Å². The summed E-state index contributed by atoms with van der Waals surface area (Å²) in [5.74, 6) is 0.198. The number of hydrogen-bond acceptors (Lipinski definition) is 3. The van der Waals surface area contributed by atoms with Gasteiger partial charge in [-0.1, -0.05) is 5.16 Å². The van der Waals surface area contributed by atoms with E-state index in [4.69, 9.17) is 15.7 Å². The van der Waals surface area contributed by atoms with Crippen molar-refractivity contribution in [2.75, 3.05) is 19.7 Å². The summed E-state index contributed by atoms with van der Waals surface area (Å²) in [5, 5.41) is 11.5. The van der Waals surface area contributed by atoms with Crippen molar-refractivity contribution < 1.29 is 9.94 Å². The highest BCUT2D eigenvalue weighted by Crippen LogP contribution is 2.25. The fraction of sp³-hybridized carbons (Fsp3) is 0.889. The van der Waals surface area contributed by atoms with E-state index in [9.17, 15) is 0 Å². The van der Waals surface area contributed by atoms with E-state index in [1.807, 2.05) is 11.8 Å². The van der Waals surface area contributed by atoms with Crippen molar-refractivity contribution in [2.24, 2.45) is 10.9 Å². The molecule has 1 fully saturated rings. The smallest absolute Gasteiger partial charge is 0.233 e. The molecule has 0 unspecified atom stereocenters. The largest absolute Gasteiger partial charge is 0.408 e. The monoisotopic (exact) mass is 201 g/mol. The second-order valence-corrected chi connectivity index (χ2v) is 3.83. The molecule has 1 aliphatic heterocycles. The van der Waals surface area contributed by atoms with Crippen molar-refractivity contribution in [3.05, 3.63) is 0 Å². The first-order valence-corrected chi connectivity index (χ1v) is 4.98. The van der Waals surface area contributed by atoms with Gasteiger partial charge in [0.1, 0.15) is 0 Å². The molecule has 0 aromatic rings. The molecule has 0 saturated carbocycles. The molecule has 0 aromatic heterocycles. The highest BCUT2D eigenvalue weighted by molar-refractivity contribution is 5.77. The van der Waals surface area contributed by atoms with E-state index in [0.717, 1.165) is 32.5 Å². The van der Waals surface area contributed by atoms with Gasteiger partial charge in [-0.05, 0) is 26.7 Å². The molecule has 1 heterocycles. The predicted molar refractivity (Wildman–Crippen MR) is 54.2 cm³/mol. The maximum atomic E-state index is 8.51. The van der Waals surface area contributed by atoms with Gasteiger partial charge in [-0.2, -0.15) is 0 Å². The van der Waals surface area contributed by atoms with Gasteiger partial charge in [-0.3, -0.25) is 0 Å². The molecule has 0 bridgehead atoms. The summed E-state index contributed by atoms with van der Waals surface area (Å²) in [4.78, 5) is 1.86. The van der Waals surface area contributed by atoms with Gasteiger partial charge in [0.05, 0.1) is 5.60 Å². The molecule has 0 aliphatic carbocycles. The summed E-state index contributed by atoms with van der Waals surface area (Å²) in [6.45, 7) is 6.42. The molecule has 14 heavy (non-hydrogen) atoms. The van der Waals surface area contributed by atoms with Crippen molar-refractivity contribution in [3.63, 3.8) is 0 Å². The first kappa shape index (κ1) is 11.1. The van der Waals surface area contributed by atoms with Crippen LogP contribution in [0.2, 0.25) is 0 Å². The highest BCUT2D eigenvalue weighted by atomic mass is 16.5. The molecule has 3 N–H and O–H groups in total. The Bertz CT molecular complexity index is 210. The summed E-state index contributed by atoms with van der Waals surface area (Å²) in [7, 11) is 0. The van der Waals surface area contributed by atoms with E-state index in [0.29, 0.717) is 0 Å². The normalized spacial score (nSPS) is 22.4. The first-order chi connectivity index (χ1) is 6.61. The van der Waals surface area contributed by atoms with Crippen LogP contribution in [0.25, 0.3) is 0 Å². The van der Waals surface area contributed by atoms with Gasteiger partial charge in [0.25, 0.3) is 0 Å². The van der Waals surface area contributed by atoms with Crippen LogP contribution in [0.5, 0.6) is 0 Å². The number of ether oxygens (including phenoxy) is 1. The number of piperidine rings is 1. The Kier molecular flexibility index (Phi) is 3.57. The van der Waals surface area contributed by atoms with Crippen LogP contribution in [0.3, 0.4) is 0 Å². The van der Waals surface area contributed by atoms with E-state index in [1.54, 1.807) is 0 Å². The average molecular weight is 201 g/mol. The first-order valence-electron chi connectivity index (χ1n) is 4.98. The number of rotatable bonds is 2. The van der Waals surface area contributed by atoms with E-state index >= 15 is 0 Å². The number of guanidine groups is 1. The summed E-state index contributed by atoms with van der Waals surface area (Å²) in [6, 6.07) is 0. The zero-order chi connectivity index (χ0) is 10.6. The lowest BCUT2D eigenvalue weighted by Gasteiger charge is -2.39. The van der Waals surface area contributed by atoms with Crippen LogP contribution in [-0.4, -0.2) is 41.4 Å². The Morgan fingerprint density at radius 1 is 1.57 bits per heavy atom. The molecule has 0 amide bonds. The van der Waals surface area contributed by atoms with E-state index in [1.165, 1.54) is 0 Å². The van der Waals surface area contributed by atoms with Crippen LogP contribution in [0.1, 0.15) is 26.7 Å². The topological polar surface area (TPSA) is 71.1 Å². The SMILES string of the molecule is CCOC1(C)CCN(/C(N)=N/O)CC1. The molecule has 0 spiro atoms. The Hall–Kier alpha value is -0.970. The number of oxime groups is 1. The lowest BCUT2D eigenvalue weighted by Crippen LogP contribution is -2.48. The van der Waals surface area contributed by atoms with Crippen molar-refractivity contribution in [1.82, 2.24) is 4.90 Å². The van der Waals surface area contributed by atoms with Gasteiger partial charge in [-0.15, -0.1) is 0 Å². The fourth-order valence-corrected chi connectivity index (χ4v) is 1.76. The van der Waals surface area contributed by atoms with Gasteiger partial charge < -0.3 is 20.6 Å². The average Bonchev–Trinajstić information content (AvgIpc) is 2.18. The minimum Gasteiger partial charge on any atom is -0.408 e. The third-order valence-electron chi connectivity index (χ3n) is 2.74. The number of hydrogen-bond donors (Lipinski definition) is 2. The van der Waals surface area contributed by atoms with Crippen molar-refractivity contribution >= 4 is 5.96 Å². The molecule has 1 saturated heterocycles. The number of nitrogens with two attached hydrogens (primary N) is 1. The highest BCUT2D eigenvalue weighted by Gasteiger charge is 2.31. The lowest BCUT2D eigenvalue weighted by molar-refractivity contribution is -0.0574. The Labute approximate surface area is 84.5 Å². The van der Waals surface area contributed by atoms with Gasteiger partial charge in [-0.25, -0.2) is 0 Å². The van der Waals surface area contributed by atoms with Gasteiger partial charge in [0.15, 0.2) is 0 Å². The summed E-state index contributed by atoms with van der Waals surface area (Å²) in [5.41, 5.74) is 5.45. The molecule has 5 heteroatoms. The molecular weight excluding hydrogens is 182 g/mol. The van der Waals surface area contributed by atoms with Gasteiger partial charge in [0.2, 0.25) is 5.96 Å². The minimum absolute atomic E-state index is 0.0407. The van der Waals surface area contributed by atoms with Crippen LogP contribution in [0.4, 0.5) is 0 Å². The second kappa shape index (κ2) is 4.50. The zero-order valence-corrected chi connectivity index (χ0v) is 8.86. The maximum absolute atomic E-state index is 8.51. The van der Waals surface area contributed by atoms with Crippen molar-refractivity contribution in [1.29, 1.82) is 0 Å². The molecular formula is C9H19N3O2. The Morgan fingerprint density at radius 2 is 2.14 bits per heavy atom. The zero-order valence-electron chi connectivity index (χ0n) is 8.86. The van der Waals surface area contributed by atoms with Crippen molar-refractivity contribution in [2.45, 2.75) is 32.3 Å². The van der Waals surface area contributed by atoms with Crippen molar-refractivity contribution in [3.8, 4) is 0 Å². The predicted octanol–water partition coefficient (Wildman–Crippen LogP) is 0.581. The summed E-state index contributed by atoms with van der Waals surface area (Å²) in [6.07, 6.45) is 1.83. The van der Waals surface area contributed by atoms with Gasteiger partial charge >= 0.3 is 0 Å². The van der Waals surface area contributed by atoms with Crippen LogP contribution in [0.15, 0.2) is 5.16 Å². The summed E-state index contributed by atoms with van der Waals surface area (Å²) < 4.78 is 5.66. The van der Waals surface area contributed by atoms with E-state index < -0.39 is 0 Å². The summed E-state index contributed by atoms with van der Waals surface area (Å²) >= 11 is 0. The molecule has 5 nitrogen and oxygen atoms in total. The molecule has 0 aromatic carbocycles. The van der Waals surface area contributed by atoms with Gasteiger partial charge in [0, 0.05) is 19.7 Å². The molecule has 82 valence electrons. The Morgan fingerprint density at radius 3 is 2.57 bits per heavy atom. The quantitative estimate of drug-likeness (QED) is 0.297. The number of likely N-dealkylation sites (tertiary alicyclic amines) is 1. The third kappa shape index (κ3) is 2.51.